The Kier molecular flexibility index (Phi) is 6.01. The van der Waals surface area contributed by atoms with Crippen LogP contribution < -0.4 is 5.32 Å². The van der Waals surface area contributed by atoms with Crippen LogP contribution in [0.15, 0.2) is 42.6 Å². The Morgan fingerprint density at radius 3 is 2.63 bits per heavy atom. The summed E-state index contributed by atoms with van der Waals surface area (Å²) in [5, 5.41) is 14.0. The zero-order valence-electron chi connectivity index (χ0n) is 15.4. The van der Waals surface area contributed by atoms with Crippen LogP contribution >= 0.6 is 0 Å². The quantitative estimate of drug-likeness (QED) is 0.625. The van der Waals surface area contributed by atoms with Crippen molar-refractivity contribution in [3.8, 4) is 0 Å². The predicted octanol–water partition coefficient (Wildman–Crippen LogP) is 3.19. The van der Waals surface area contributed by atoms with Crippen LogP contribution in [0.25, 0.3) is 0 Å². The number of anilines is 1. The van der Waals surface area contributed by atoms with Crippen LogP contribution in [0, 0.1) is 23.0 Å². The third-order valence-electron chi connectivity index (χ3n) is 5.05. The Bertz CT molecular complexity index is 802. The van der Waals surface area contributed by atoms with Gasteiger partial charge in [-0.05, 0) is 43.7 Å². The highest BCUT2D eigenvalue weighted by atomic mass is 16.6. The van der Waals surface area contributed by atoms with Crippen LogP contribution in [-0.4, -0.2) is 40.3 Å². The van der Waals surface area contributed by atoms with E-state index in [0.29, 0.717) is 11.5 Å². The molecule has 0 atom stereocenters. The van der Waals surface area contributed by atoms with Gasteiger partial charge in [-0.3, -0.25) is 14.9 Å². The third kappa shape index (κ3) is 4.81. The number of amides is 1. The molecule has 1 amide bonds. The monoisotopic (exact) mass is 368 g/mol. The molecule has 1 aromatic heterocycles. The Balaban J connectivity index is 1.50. The fourth-order valence-corrected chi connectivity index (χ4v) is 3.52. The SMILES string of the molecule is Cc1ccnc(NCC(=O)N2CCC(Cc3ccccc3)CC2)c1[N+](=O)[O-]. The molecule has 1 aliphatic rings. The molecule has 3 rings (SSSR count). The van der Waals surface area contributed by atoms with Gasteiger partial charge < -0.3 is 10.2 Å². The van der Waals surface area contributed by atoms with Gasteiger partial charge in [0.05, 0.1) is 11.5 Å². The van der Waals surface area contributed by atoms with Gasteiger partial charge in [-0.1, -0.05) is 30.3 Å². The topological polar surface area (TPSA) is 88.4 Å². The number of likely N-dealkylation sites (tertiary alicyclic amines) is 1. The molecule has 2 aromatic rings. The molecule has 0 spiro atoms. The number of aromatic nitrogens is 1. The summed E-state index contributed by atoms with van der Waals surface area (Å²) in [6.07, 6.45) is 4.50. The number of pyridine rings is 1. The molecule has 0 unspecified atom stereocenters. The average Bonchev–Trinajstić information content (AvgIpc) is 2.67. The Hall–Kier alpha value is -2.96. The summed E-state index contributed by atoms with van der Waals surface area (Å²) in [6.45, 7) is 3.12. The summed E-state index contributed by atoms with van der Waals surface area (Å²) in [6, 6.07) is 12.0. The van der Waals surface area contributed by atoms with Crippen molar-refractivity contribution < 1.29 is 9.72 Å². The van der Waals surface area contributed by atoms with Crippen molar-refractivity contribution in [2.24, 2.45) is 5.92 Å². The molecule has 1 N–H and O–H groups in total. The molecule has 1 saturated heterocycles. The first-order chi connectivity index (χ1) is 13.0. The lowest BCUT2D eigenvalue weighted by Gasteiger charge is -2.32. The number of carbonyl (C=O) groups is 1. The molecule has 0 radical (unpaired) electrons. The molecule has 0 saturated carbocycles. The van der Waals surface area contributed by atoms with Gasteiger partial charge >= 0.3 is 5.69 Å². The highest BCUT2D eigenvalue weighted by Gasteiger charge is 2.24. The number of nitro groups is 1. The van der Waals surface area contributed by atoms with Crippen molar-refractivity contribution >= 4 is 17.4 Å². The molecule has 142 valence electrons. The second-order valence-corrected chi connectivity index (χ2v) is 6.95. The van der Waals surface area contributed by atoms with E-state index in [1.165, 1.54) is 11.8 Å². The van der Waals surface area contributed by atoms with E-state index in [4.69, 9.17) is 0 Å². The van der Waals surface area contributed by atoms with Crippen LogP contribution in [0.1, 0.15) is 24.0 Å². The van der Waals surface area contributed by atoms with E-state index in [9.17, 15) is 14.9 Å². The Labute approximate surface area is 158 Å². The van der Waals surface area contributed by atoms with Gasteiger partial charge in [0, 0.05) is 24.8 Å². The molecule has 1 aromatic carbocycles. The number of aryl methyl sites for hydroxylation is 1. The van der Waals surface area contributed by atoms with E-state index in [2.05, 4.69) is 34.6 Å². The summed E-state index contributed by atoms with van der Waals surface area (Å²) < 4.78 is 0. The largest absolute Gasteiger partial charge is 0.355 e. The number of piperidine rings is 1. The minimum atomic E-state index is -0.468. The third-order valence-corrected chi connectivity index (χ3v) is 5.05. The fraction of sp³-hybridized carbons (Fsp3) is 0.400. The van der Waals surface area contributed by atoms with Crippen LogP contribution in [0.4, 0.5) is 11.5 Å². The van der Waals surface area contributed by atoms with Gasteiger partial charge in [0.1, 0.15) is 0 Å². The van der Waals surface area contributed by atoms with Crippen LogP contribution in [0.2, 0.25) is 0 Å². The van der Waals surface area contributed by atoms with E-state index < -0.39 is 4.92 Å². The van der Waals surface area contributed by atoms with E-state index in [1.54, 1.807) is 13.0 Å². The normalized spacial score (nSPS) is 14.8. The number of hydrogen-bond acceptors (Lipinski definition) is 5. The lowest BCUT2D eigenvalue weighted by molar-refractivity contribution is -0.384. The van der Waals surface area contributed by atoms with E-state index in [0.717, 1.165) is 32.4 Å². The Morgan fingerprint density at radius 2 is 1.96 bits per heavy atom. The van der Waals surface area contributed by atoms with E-state index >= 15 is 0 Å². The maximum absolute atomic E-state index is 12.5. The number of carbonyl (C=O) groups excluding carboxylic acids is 1. The maximum Gasteiger partial charge on any atom is 0.314 e. The molecule has 2 heterocycles. The number of hydrogen-bond donors (Lipinski definition) is 1. The first kappa shape index (κ1) is 18.8. The van der Waals surface area contributed by atoms with E-state index in [-0.39, 0.29) is 24.0 Å². The second kappa shape index (κ2) is 8.62. The first-order valence-electron chi connectivity index (χ1n) is 9.20. The van der Waals surface area contributed by atoms with Gasteiger partial charge in [0.2, 0.25) is 11.7 Å². The zero-order valence-corrected chi connectivity index (χ0v) is 15.4. The number of nitrogens with one attached hydrogen (secondary N) is 1. The summed E-state index contributed by atoms with van der Waals surface area (Å²) in [5.41, 5.74) is 1.78. The smallest absolute Gasteiger partial charge is 0.314 e. The zero-order chi connectivity index (χ0) is 19.2. The maximum atomic E-state index is 12.5. The van der Waals surface area contributed by atoms with Crippen LogP contribution in [0.5, 0.6) is 0 Å². The van der Waals surface area contributed by atoms with Crippen molar-refractivity contribution in [2.75, 3.05) is 25.0 Å². The molecule has 7 nitrogen and oxygen atoms in total. The minimum absolute atomic E-state index is 0.0145. The number of benzene rings is 1. The van der Waals surface area contributed by atoms with Crippen molar-refractivity contribution in [1.82, 2.24) is 9.88 Å². The lowest BCUT2D eigenvalue weighted by Crippen LogP contribution is -2.41. The molecule has 0 aliphatic carbocycles. The van der Waals surface area contributed by atoms with Crippen LogP contribution in [0.3, 0.4) is 0 Å². The molecule has 1 aliphatic heterocycles. The lowest BCUT2D eigenvalue weighted by atomic mass is 9.90. The minimum Gasteiger partial charge on any atom is -0.355 e. The Morgan fingerprint density at radius 1 is 1.26 bits per heavy atom. The van der Waals surface area contributed by atoms with Crippen molar-refractivity contribution in [2.45, 2.75) is 26.2 Å². The molecular weight excluding hydrogens is 344 g/mol. The van der Waals surface area contributed by atoms with Gasteiger partial charge in [-0.15, -0.1) is 0 Å². The molecule has 1 fully saturated rings. The van der Waals surface area contributed by atoms with Gasteiger partial charge in [0.15, 0.2) is 0 Å². The van der Waals surface area contributed by atoms with Gasteiger partial charge in [0.25, 0.3) is 0 Å². The summed E-state index contributed by atoms with van der Waals surface area (Å²) in [7, 11) is 0. The molecule has 27 heavy (non-hydrogen) atoms. The summed E-state index contributed by atoms with van der Waals surface area (Å²) >= 11 is 0. The van der Waals surface area contributed by atoms with Crippen molar-refractivity contribution in [1.29, 1.82) is 0 Å². The molecule has 0 bridgehead atoms. The highest BCUT2D eigenvalue weighted by Crippen LogP contribution is 2.25. The number of nitrogens with zero attached hydrogens (tertiary/aromatic N) is 3. The van der Waals surface area contributed by atoms with E-state index in [1.807, 2.05) is 11.0 Å². The fourth-order valence-electron chi connectivity index (χ4n) is 3.52. The number of rotatable bonds is 6. The summed E-state index contributed by atoms with van der Waals surface area (Å²) in [4.78, 5) is 29.0. The standard InChI is InChI=1S/C20H24N4O3/c1-15-7-10-21-20(19(15)24(26)27)22-14-18(25)23-11-8-17(9-12-23)13-16-5-3-2-4-6-16/h2-7,10,17H,8-9,11-14H2,1H3,(H,21,22). The van der Waals surface area contributed by atoms with Crippen molar-refractivity contribution in [3.63, 3.8) is 0 Å². The molecule has 7 heteroatoms. The average molecular weight is 368 g/mol. The van der Waals surface area contributed by atoms with Gasteiger partial charge in [-0.25, -0.2) is 4.98 Å². The van der Waals surface area contributed by atoms with Crippen molar-refractivity contribution in [3.05, 3.63) is 63.8 Å². The summed E-state index contributed by atoms with van der Waals surface area (Å²) in [5.74, 6) is 0.682. The highest BCUT2D eigenvalue weighted by molar-refractivity contribution is 5.81. The first-order valence-corrected chi connectivity index (χ1v) is 9.20. The second-order valence-electron chi connectivity index (χ2n) is 6.95. The van der Waals surface area contributed by atoms with Gasteiger partial charge in [-0.2, -0.15) is 0 Å². The van der Waals surface area contributed by atoms with Crippen LogP contribution in [-0.2, 0) is 11.2 Å². The predicted molar refractivity (Wildman–Crippen MR) is 104 cm³/mol. The molecular formula is C20H24N4O3.